The number of carbonyl (C=O) groups is 2. The van der Waals surface area contributed by atoms with E-state index in [0.29, 0.717) is 24.6 Å². The van der Waals surface area contributed by atoms with Gasteiger partial charge in [0.2, 0.25) is 10.0 Å². The molecule has 1 aromatic carbocycles. The third-order valence-corrected chi connectivity index (χ3v) is 8.54. The van der Waals surface area contributed by atoms with Crippen molar-refractivity contribution >= 4 is 38.2 Å². The number of ether oxygens (including phenoxy) is 1. The molecular formula is C22H25N3O5S2. The monoisotopic (exact) mass is 475 g/mol. The van der Waals surface area contributed by atoms with E-state index in [1.54, 1.807) is 13.8 Å². The molecule has 3 rings (SSSR count). The lowest BCUT2D eigenvalue weighted by Crippen LogP contribution is -2.37. The van der Waals surface area contributed by atoms with Crippen LogP contribution >= 0.6 is 11.3 Å². The molecule has 1 N–H and O–H groups in total. The van der Waals surface area contributed by atoms with Gasteiger partial charge in [-0.05, 0) is 62.4 Å². The highest BCUT2D eigenvalue weighted by molar-refractivity contribution is 7.89. The van der Waals surface area contributed by atoms with Crippen molar-refractivity contribution in [3.63, 3.8) is 0 Å². The Bertz CT molecular complexity index is 1160. The van der Waals surface area contributed by atoms with Crippen molar-refractivity contribution < 1.29 is 22.7 Å². The molecular weight excluding hydrogens is 450 g/mol. The summed E-state index contributed by atoms with van der Waals surface area (Å²) >= 11 is 0.977. The van der Waals surface area contributed by atoms with Gasteiger partial charge >= 0.3 is 5.97 Å². The van der Waals surface area contributed by atoms with Gasteiger partial charge in [-0.1, -0.05) is 6.92 Å². The summed E-state index contributed by atoms with van der Waals surface area (Å²) in [5, 5.41) is 12.4. The molecule has 0 aliphatic carbocycles. The average molecular weight is 476 g/mol. The van der Waals surface area contributed by atoms with Gasteiger partial charge in [0.1, 0.15) is 15.9 Å². The number of rotatable bonds is 6. The first-order valence-corrected chi connectivity index (χ1v) is 12.6. The second-order valence-electron chi connectivity index (χ2n) is 7.66. The Labute approximate surface area is 191 Å². The van der Waals surface area contributed by atoms with Crippen LogP contribution in [-0.4, -0.2) is 44.3 Å². The number of hydrogen-bond acceptors (Lipinski definition) is 7. The maximum atomic E-state index is 12.9. The topological polar surface area (TPSA) is 117 Å². The number of nitriles is 1. The minimum atomic E-state index is -3.61. The van der Waals surface area contributed by atoms with Gasteiger partial charge in [0.05, 0.1) is 17.1 Å². The van der Waals surface area contributed by atoms with Gasteiger partial charge in [-0.3, -0.25) is 4.79 Å². The summed E-state index contributed by atoms with van der Waals surface area (Å²) in [4.78, 5) is 25.2. The standard InChI is InChI=1S/C22H25N3O5S2/c1-4-30-22(27)19-15(3)18(13-23)21(31-19)24-20(26)16-5-7-17(8-6-16)32(28,29)25-11-9-14(2)10-12-25/h5-8,14H,4,9-12H2,1-3H3,(H,24,26). The summed E-state index contributed by atoms with van der Waals surface area (Å²) in [6.45, 7) is 6.60. The number of nitrogens with one attached hydrogen (secondary N) is 1. The summed E-state index contributed by atoms with van der Waals surface area (Å²) in [6, 6.07) is 7.71. The first-order valence-electron chi connectivity index (χ1n) is 10.3. The molecule has 170 valence electrons. The summed E-state index contributed by atoms with van der Waals surface area (Å²) in [7, 11) is -3.61. The number of thiophene rings is 1. The number of nitrogens with zero attached hydrogens (tertiary/aromatic N) is 2. The van der Waals surface area contributed by atoms with Crippen LogP contribution in [0.5, 0.6) is 0 Å². The number of hydrogen-bond donors (Lipinski definition) is 1. The Morgan fingerprint density at radius 3 is 2.44 bits per heavy atom. The van der Waals surface area contributed by atoms with Gasteiger partial charge in [-0.2, -0.15) is 9.57 Å². The maximum absolute atomic E-state index is 12.9. The molecule has 0 saturated carbocycles. The molecule has 10 heteroatoms. The van der Waals surface area contributed by atoms with Crippen molar-refractivity contribution in [2.24, 2.45) is 5.92 Å². The summed E-state index contributed by atoms with van der Waals surface area (Å²) in [5.74, 6) is -0.543. The van der Waals surface area contributed by atoms with Crippen molar-refractivity contribution in [2.45, 2.75) is 38.5 Å². The Morgan fingerprint density at radius 2 is 1.88 bits per heavy atom. The molecule has 1 aromatic heterocycles. The zero-order chi connectivity index (χ0) is 23.5. The Hall–Kier alpha value is -2.74. The zero-order valence-corrected chi connectivity index (χ0v) is 19.8. The van der Waals surface area contributed by atoms with Crippen LogP contribution in [0.15, 0.2) is 29.2 Å². The normalized spacial score (nSPS) is 15.2. The van der Waals surface area contributed by atoms with Gasteiger partial charge in [-0.15, -0.1) is 11.3 Å². The number of piperidine rings is 1. The molecule has 1 fully saturated rings. The molecule has 2 aromatic rings. The largest absolute Gasteiger partial charge is 0.462 e. The molecule has 1 aliphatic heterocycles. The van der Waals surface area contributed by atoms with Crippen LogP contribution < -0.4 is 5.32 Å². The number of anilines is 1. The van der Waals surface area contributed by atoms with E-state index in [4.69, 9.17) is 4.74 Å². The number of sulfonamides is 1. The molecule has 0 atom stereocenters. The second kappa shape index (κ2) is 9.81. The maximum Gasteiger partial charge on any atom is 0.348 e. The highest BCUT2D eigenvalue weighted by Crippen LogP contribution is 2.33. The van der Waals surface area contributed by atoms with E-state index >= 15 is 0 Å². The van der Waals surface area contributed by atoms with Crippen LogP contribution in [0, 0.1) is 24.2 Å². The van der Waals surface area contributed by atoms with Crippen LogP contribution in [0.2, 0.25) is 0 Å². The van der Waals surface area contributed by atoms with Gasteiger partial charge in [-0.25, -0.2) is 13.2 Å². The van der Waals surface area contributed by atoms with Crippen LogP contribution in [0.25, 0.3) is 0 Å². The summed E-state index contributed by atoms with van der Waals surface area (Å²) < 4.78 is 32.2. The number of benzene rings is 1. The zero-order valence-electron chi connectivity index (χ0n) is 18.2. The smallest absolute Gasteiger partial charge is 0.348 e. The molecule has 1 saturated heterocycles. The van der Waals surface area contributed by atoms with E-state index in [-0.39, 0.29) is 32.5 Å². The minimum absolute atomic E-state index is 0.137. The third kappa shape index (κ3) is 4.85. The predicted octanol–water partition coefficient (Wildman–Crippen LogP) is 3.78. The Morgan fingerprint density at radius 1 is 1.25 bits per heavy atom. The van der Waals surface area contributed by atoms with E-state index in [1.165, 1.54) is 28.6 Å². The van der Waals surface area contributed by atoms with Crippen LogP contribution in [-0.2, 0) is 14.8 Å². The van der Waals surface area contributed by atoms with Crippen molar-refractivity contribution in [3.8, 4) is 6.07 Å². The average Bonchev–Trinajstić information content (AvgIpc) is 3.09. The quantitative estimate of drug-likeness (QED) is 0.636. The van der Waals surface area contributed by atoms with Gasteiger partial charge in [0, 0.05) is 18.7 Å². The van der Waals surface area contributed by atoms with E-state index < -0.39 is 21.9 Å². The van der Waals surface area contributed by atoms with E-state index in [2.05, 4.69) is 12.2 Å². The molecule has 1 amide bonds. The molecule has 0 bridgehead atoms. The molecule has 1 aliphatic rings. The number of esters is 1. The summed E-state index contributed by atoms with van der Waals surface area (Å²) in [6.07, 6.45) is 1.66. The Balaban J connectivity index is 1.78. The molecule has 32 heavy (non-hydrogen) atoms. The highest BCUT2D eigenvalue weighted by atomic mass is 32.2. The first kappa shape index (κ1) is 23.9. The third-order valence-electron chi connectivity index (χ3n) is 5.44. The van der Waals surface area contributed by atoms with Gasteiger partial charge < -0.3 is 10.1 Å². The molecule has 0 radical (unpaired) electrons. The molecule has 0 spiro atoms. The van der Waals surface area contributed by atoms with Crippen molar-refractivity contribution in [2.75, 3.05) is 25.0 Å². The van der Waals surface area contributed by atoms with Gasteiger partial charge in [0.25, 0.3) is 5.91 Å². The number of amides is 1. The minimum Gasteiger partial charge on any atom is -0.462 e. The molecule has 8 nitrogen and oxygen atoms in total. The number of carbonyl (C=O) groups excluding carboxylic acids is 2. The van der Waals surface area contributed by atoms with Crippen LogP contribution in [0.1, 0.15) is 57.8 Å². The fourth-order valence-corrected chi connectivity index (χ4v) is 5.97. The van der Waals surface area contributed by atoms with E-state index in [1.807, 2.05) is 6.07 Å². The van der Waals surface area contributed by atoms with Crippen molar-refractivity contribution in [1.82, 2.24) is 4.31 Å². The van der Waals surface area contributed by atoms with Gasteiger partial charge in [0.15, 0.2) is 0 Å². The fourth-order valence-electron chi connectivity index (χ4n) is 3.46. The van der Waals surface area contributed by atoms with E-state index in [0.717, 1.165) is 24.2 Å². The fraction of sp³-hybridized carbons (Fsp3) is 0.409. The molecule has 2 heterocycles. The predicted molar refractivity (Wildman–Crippen MR) is 121 cm³/mol. The Kier molecular flexibility index (Phi) is 7.33. The van der Waals surface area contributed by atoms with Crippen LogP contribution in [0.3, 0.4) is 0 Å². The SMILES string of the molecule is CCOC(=O)c1sc(NC(=O)c2ccc(S(=O)(=O)N3CCC(C)CC3)cc2)c(C#N)c1C. The second-order valence-corrected chi connectivity index (χ2v) is 10.6. The lowest BCUT2D eigenvalue weighted by atomic mass is 10.0. The highest BCUT2D eigenvalue weighted by Gasteiger charge is 2.28. The lowest BCUT2D eigenvalue weighted by Gasteiger charge is -2.29. The molecule has 0 unspecified atom stereocenters. The lowest BCUT2D eigenvalue weighted by molar-refractivity contribution is 0.0531. The van der Waals surface area contributed by atoms with Crippen molar-refractivity contribution in [1.29, 1.82) is 5.26 Å². The first-order chi connectivity index (χ1) is 15.2. The van der Waals surface area contributed by atoms with E-state index in [9.17, 15) is 23.3 Å². The van der Waals surface area contributed by atoms with Crippen LogP contribution in [0.4, 0.5) is 5.00 Å². The van der Waals surface area contributed by atoms with Crippen molar-refractivity contribution in [3.05, 3.63) is 45.8 Å². The summed E-state index contributed by atoms with van der Waals surface area (Å²) in [5.41, 5.74) is 0.886.